The van der Waals surface area contributed by atoms with Crippen LogP contribution in [0.4, 0.5) is 27.8 Å². The van der Waals surface area contributed by atoms with E-state index in [1.54, 1.807) is 12.1 Å². The SMILES string of the molecule is Nc1ccc(C=CC(=O)NCc2cnc(-c3ccc(-c4ccc(C(=O)N5CC(F)(F)C5)cc4)cc3C(F)(F)F)o2)cn1. The molecule has 216 valence electrons. The fraction of sp³-hybridized carbons (Fsp3) is 0.172. The summed E-state index contributed by atoms with van der Waals surface area (Å²) < 4.78 is 73.8. The highest BCUT2D eigenvalue weighted by atomic mass is 19.4. The molecule has 4 aromatic rings. The molecule has 42 heavy (non-hydrogen) atoms. The lowest BCUT2D eigenvalue weighted by molar-refractivity contribution is -0.137. The second kappa shape index (κ2) is 11.1. The van der Waals surface area contributed by atoms with E-state index in [-0.39, 0.29) is 34.9 Å². The summed E-state index contributed by atoms with van der Waals surface area (Å²) in [5.74, 6) is -3.77. The van der Waals surface area contributed by atoms with Gasteiger partial charge >= 0.3 is 6.18 Å². The van der Waals surface area contributed by atoms with E-state index in [4.69, 9.17) is 10.2 Å². The van der Waals surface area contributed by atoms with Crippen molar-refractivity contribution in [3.8, 4) is 22.6 Å². The number of carbonyl (C=O) groups excluding carboxylic acids is 2. The summed E-state index contributed by atoms with van der Waals surface area (Å²) in [6.07, 6.45) is 0.734. The van der Waals surface area contributed by atoms with Crippen LogP contribution in [0, 0.1) is 0 Å². The smallest absolute Gasteiger partial charge is 0.417 e. The molecule has 13 heteroatoms. The van der Waals surface area contributed by atoms with E-state index in [0.29, 0.717) is 16.9 Å². The molecule has 1 aliphatic rings. The molecule has 0 bridgehead atoms. The van der Waals surface area contributed by atoms with Crippen LogP contribution in [-0.4, -0.2) is 45.7 Å². The van der Waals surface area contributed by atoms with Gasteiger partial charge in [-0.05, 0) is 59.2 Å². The number of nitrogens with two attached hydrogens (primary N) is 1. The van der Waals surface area contributed by atoms with Crippen LogP contribution >= 0.6 is 0 Å². The molecule has 2 amide bonds. The number of pyridine rings is 1. The van der Waals surface area contributed by atoms with Gasteiger partial charge in [-0.2, -0.15) is 13.2 Å². The Kier molecular flexibility index (Phi) is 7.50. The van der Waals surface area contributed by atoms with E-state index < -0.39 is 42.6 Å². The number of rotatable bonds is 7. The molecule has 0 saturated carbocycles. The Morgan fingerprint density at radius 1 is 1.00 bits per heavy atom. The van der Waals surface area contributed by atoms with Gasteiger partial charge in [0.25, 0.3) is 11.8 Å². The van der Waals surface area contributed by atoms with E-state index in [1.165, 1.54) is 60.9 Å². The molecule has 1 fully saturated rings. The quantitative estimate of drug-likeness (QED) is 0.222. The van der Waals surface area contributed by atoms with E-state index >= 15 is 0 Å². The summed E-state index contributed by atoms with van der Waals surface area (Å²) >= 11 is 0. The van der Waals surface area contributed by atoms with Gasteiger partial charge < -0.3 is 20.4 Å². The molecular formula is C29H22F5N5O3. The first-order chi connectivity index (χ1) is 19.9. The minimum atomic E-state index is -4.76. The second-order valence-corrected chi connectivity index (χ2v) is 9.55. The first-order valence-electron chi connectivity index (χ1n) is 12.5. The molecule has 3 N–H and O–H groups in total. The Labute approximate surface area is 235 Å². The van der Waals surface area contributed by atoms with Crippen LogP contribution in [0.15, 0.2) is 77.5 Å². The van der Waals surface area contributed by atoms with E-state index in [1.807, 2.05) is 0 Å². The highest BCUT2D eigenvalue weighted by Crippen LogP contribution is 2.39. The van der Waals surface area contributed by atoms with Crippen molar-refractivity contribution in [2.75, 3.05) is 18.8 Å². The van der Waals surface area contributed by atoms with Gasteiger partial charge in [0.05, 0.1) is 31.4 Å². The maximum absolute atomic E-state index is 14.0. The molecule has 0 aliphatic carbocycles. The van der Waals surface area contributed by atoms with Crippen molar-refractivity contribution in [2.45, 2.75) is 18.6 Å². The first-order valence-corrected chi connectivity index (χ1v) is 12.5. The van der Waals surface area contributed by atoms with E-state index in [9.17, 15) is 31.5 Å². The number of alkyl halides is 5. The Bertz CT molecular complexity index is 1640. The number of carbonyl (C=O) groups is 2. The number of nitrogens with zero attached hydrogens (tertiary/aromatic N) is 3. The van der Waals surface area contributed by atoms with Crippen molar-refractivity contribution in [1.82, 2.24) is 20.2 Å². The number of halogens is 5. The molecule has 2 aromatic heterocycles. The third-order valence-electron chi connectivity index (χ3n) is 6.38. The normalized spacial score (nSPS) is 14.5. The van der Waals surface area contributed by atoms with Crippen molar-refractivity contribution in [3.05, 3.63) is 95.5 Å². The lowest BCUT2D eigenvalue weighted by Crippen LogP contribution is -2.58. The molecule has 1 saturated heterocycles. The number of benzene rings is 2. The zero-order valence-electron chi connectivity index (χ0n) is 21.7. The fourth-order valence-electron chi connectivity index (χ4n) is 4.22. The molecular weight excluding hydrogens is 561 g/mol. The van der Waals surface area contributed by atoms with Gasteiger partial charge in [0.1, 0.15) is 11.6 Å². The molecule has 8 nitrogen and oxygen atoms in total. The summed E-state index contributed by atoms with van der Waals surface area (Å²) in [5, 5.41) is 2.56. The fourth-order valence-corrected chi connectivity index (χ4v) is 4.22. The molecule has 0 radical (unpaired) electrons. The molecule has 3 heterocycles. The van der Waals surface area contributed by atoms with Crippen LogP contribution in [0.3, 0.4) is 0 Å². The Morgan fingerprint density at radius 3 is 2.36 bits per heavy atom. The molecule has 0 atom stereocenters. The number of anilines is 1. The maximum atomic E-state index is 14.0. The van der Waals surface area contributed by atoms with Gasteiger partial charge in [-0.25, -0.2) is 18.7 Å². The summed E-state index contributed by atoms with van der Waals surface area (Å²) in [4.78, 5) is 33.3. The average molecular weight is 584 g/mol. The largest absolute Gasteiger partial charge is 0.439 e. The Morgan fingerprint density at radius 2 is 1.71 bits per heavy atom. The van der Waals surface area contributed by atoms with Crippen LogP contribution < -0.4 is 11.1 Å². The minimum Gasteiger partial charge on any atom is -0.439 e. The number of nitrogen functional groups attached to an aromatic ring is 1. The predicted molar refractivity (Wildman–Crippen MR) is 143 cm³/mol. The zero-order valence-corrected chi connectivity index (χ0v) is 21.7. The van der Waals surface area contributed by atoms with Crippen molar-refractivity contribution in [3.63, 3.8) is 0 Å². The second-order valence-electron chi connectivity index (χ2n) is 9.55. The molecule has 0 spiro atoms. The number of oxazole rings is 1. The zero-order chi connectivity index (χ0) is 30.1. The number of aromatic nitrogens is 2. The number of nitrogens with one attached hydrogen (secondary N) is 1. The third-order valence-corrected chi connectivity index (χ3v) is 6.38. The third kappa shape index (κ3) is 6.45. The summed E-state index contributed by atoms with van der Waals surface area (Å²) in [7, 11) is 0. The van der Waals surface area contributed by atoms with Crippen molar-refractivity contribution in [1.29, 1.82) is 0 Å². The van der Waals surface area contributed by atoms with Gasteiger partial charge in [-0.1, -0.05) is 18.2 Å². The van der Waals surface area contributed by atoms with Gasteiger partial charge in [0.2, 0.25) is 11.8 Å². The van der Waals surface area contributed by atoms with E-state index in [0.717, 1.165) is 11.0 Å². The molecule has 1 aliphatic heterocycles. The minimum absolute atomic E-state index is 0.115. The lowest BCUT2D eigenvalue weighted by atomic mass is 9.97. The molecule has 0 unspecified atom stereocenters. The Hall–Kier alpha value is -5.07. The van der Waals surface area contributed by atoms with Crippen LogP contribution in [0.1, 0.15) is 27.2 Å². The monoisotopic (exact) mass is 583 g/mol. The summed E-state index contributed by atoms with van der Waals surface area (Å²) in [6, 6.07) is 12.5. The number of amides is 2. The van der Waals surface area contributed by atoms with Gasteiger partial charge in [-0.15, -0.1) is 0 Å². The van der Waals surface area contributed by atoms with Gasteiger partial charge in [-0.3, -0.25) is 9.59 Å². The highest BCUT2D eigenvalue weighted by Gasteiger charge is 2.46. The van der Waals surface area contributed by atoms with Crippen LogP contribution in [0.2, 0.25) is 0 Å². The van der Waals surface area contributed by atoms with Crippen molar-refractivity contribution >= 4 is 23.7 Å². The van der Waals surface area contributed by atoms with Crippen LogP contribution in [-0.2, 0) is 17.5 Å². The number of likely N-dealkylation sites (tertiary alicyclic amines) is 1. The topological polar surface area (TPSA) is 114 Å². The highest BCUT2D eigenvalue weighted by molar-refractivity contribution is 5.95. The number of hydrogen-bond donors (Lipinski definition) is 2. The first kappa shape index (κ1) is 28.5. The van der Waals surface area contributed by atoms with Gasteiger partial charge in [0, 0.05) is 23.4 Å². The Balaban J connectivity index is 1.28. The van der Waals surface area contributed by atoms with Crippen molar-refractivity contribution in [2.24, 2.45) is 0 Å². The van der Waals surface area contributed by atoms with Crippen molar-refractivity contribution < 1.29 is 36.0 Å². The number of hydrogen-bond acceptors (Lipinski definition) is 6. The van der Waals surface area contributed by atoms with E-state index in [2.05, 4.69) is 15.3 Å². The lowest BCUT2D eigenvalue weighted by Gasteiger charge is -2.38. The molecule has 2 aromatic carbocycles. The summed E-state index contributed by atoms with van der Waals surface area (Å²) in [5.41, 5.74) is 5.61. The maximum Gasteiger partial charge on any atom is 0.417 e. The van der Waals surface area contributed by atoms with Gasteiger partial charge in [0.15, 0.2) is 0 Å². The molecule has 5 rings (SSSR count). The average Bonchev–Trinajstić information content (AvgIpc) is 3.42. The van der Waals surface area contributed by atoms with Crippen LogP contribution in [0.25, 0.3) is 28.7 Å². The summed E-state index contributed by atoms with van der Waals surface area (Å²) in [6.45, 7) is -1.45. The van der Waals surface area contributed by atoms with Crippen LogP contribution in [0.5, 0.6) is 0 Å². The predicted octanol–water partition coefficient (Wildman–Crippen LogP) is 5.43. The standard InChI is InChI=1S/C29H22F5N5O3/c30-28(31)15-39(16-28)27(41)19-5-3-18(4-6-19)20-7-8-22(23(11-20)29(32,33)34)26-38-14-21(42-26)13-37-25(40)10-2-17-1-9-24(35)36-12-17/h1-12,14H,13,15-16H2,(H2,35,36)(H,37,40).